The van der Waals surface area contributed by atoms with Crippen molar-refractivity contribution in [1.82, 2.24) is 5.32 Å². The van der Waals surface area contributed by atoms with E-state index in [-0.39, 0.29) is 5.56 Å². The molecule has 0 heterocycles. The smallest absolute Gasteiger partial charge is 0.330 e. The molecule has 0 saturated heterocycles. The number of hydrogen-bond acceptors (Lipinski definition) is 2. The number of carboxylic acid groups (broad SMARTS) is 1. The molecule has 0 radical (unpaired) electrons. The molecule has 2 aromatic rings. The Morgan fingerprint density at radius 2 is 1.81 bits per heavy atom. The summed E-state index contributed by atoms with van der Waals surface area (Å²) in [6, 6.07) is 10.9. The van der Waals surface area contributed by atoms with Crippen molar-refractivity contribution in [2.75, 3.05) is 0 Å². The molecule has 0 fully saturated rings. The largest absolute Gasteiger partial charge is 0.479 e. The highest BCUT2D eigenvalue weighted by atomic mass is 79.9. The van der Waals surface area contributed by atoms with Crippen LogP contribution < -0.4 is 5.32 Å². The maximum Gasteiger partial charge on any atom is 0.330 e. The molecule has 2 rings (SSSR count). The Kier molecular flexibility index (Phi) is 4.70. The lowest BCUT2D eigenvalue weighted by molar-refractivity contribution is -0.139. The van der Waals surface area contributed by atoms with Gasteiger partial charge in [0.1, 0.15) is 5.82 Å². The summed E-state index contributed by atoms with van der Waals surface area (Å²) in [6.07, 6.45) is 0. The lowest BCUT2D eigenvalue weighted by Gasteiger charge is -2.15. The van der Waals surface area contributed by atoms with Crippen LogP contribution in [0.5, 0.6) is 0 Å². The maximum atomic E-state index is 13.6. The van der Waals surface area contributed by atoms with E-state index in [0.717, 1.165) is 6.07 Å². The fourth-order valence-corrected chi connectivity index (χ4v) is 2.17. The van der Waals surface area contributed by atoms with Crippen LogP contribution in [0, 0.1) is 5.82 Å². The fraction of sp³-hybridized carbons (Fsp3) is 0.0667. The second kappa shape index (κ2) is 6.49. The Morgan fingerprint density at radius 3 is 2.43 bits per heavy atom. The van der Waals surface area contributed by atoms with Gasteiger partial charge in [0, 0.05) is 4.47 Å². The summed E-state index contributed by atoms with van der Waals surface area (Å²) >= 11 is 3.14. The number of carbonyl (C=O) groups is 2. The minimum atomic E-state index is -1.24. The van der Waals surface area contributed by atoms with Crippen molar-refractivity contribution in [2.24, 2.45) is 0 Å². The van der Waals surface area contributed by atoms with Crippen LogP contribution in [0.3, 0.4) is 0 Å². The van der Waals surface area contributed by atoms with Crippen LogP contribution >= 0.6 is 15.9 Å². The first-order chi connectivity index (χ1) is 9.99. The van der Waals surface area contributed by atoms with E-state index >= 15 is 0 Å². The molecule has 0 aromatic heterocycles. The van der Waals surface area contributed by atoms with Crippen LogP contribution in [0.2, 0.25) is 0 Å². The van der Waals surface area contributed by atoms with Gasteiger partial charge in [-0.3, -0.25) is 4.79 Å². The monoisotopic (exact) mass is 351 g/mol. The van der Waals surface area contributed by atoms with Crippen LogP contribution in [0.25, 0.3) is 0 Å². The number of benzene rings is 2. The Balaban J connectivity index is 2.27. The van der Waals surface area contributed by atoms with Gasteiger partial charge in [0.2, 0.25) is 0 Å². The number of carboxylic acids is 1. The average molecular weight is 352 g/mol. The molecule has 0 aliphatic rings. The summed E-state index contributed by atoms with van der Waals surface area (Å²) in [7, 11) is 0. The third-order valence-electron chi connectivity index (χ3n) is 2.83. The first kappa shape index (κ1) is 15.2. The summed E-state index contributed by atoms with van der Waals surface area (Å²) in [5.41, 5.74) is 0.195. The van der Waals surface area contributed by atoms with E-state index in [1.807, 2.05) is 0 Å². The summed E-state index contributed by atoms with van der Waals surface area (Å²) in [6.45, 7) is 0. The Labute approximate surface area is 128 Å². The fourth-order valence-electron chi connectivity index (χ4n) is 1.81. The van der Waals surface area contributed by atoms with E-state index in [2.05, 4.69) is 21.2 Å². The minimum absolute atomic E-state index is 0.216. The Morgan fingerprint density at radius 1 is 1.14 bits per heavy atom. The molecular weight excluding hydrogens is 341 g/mol. The number of rotatable bonds is 4. The second-order valence-electron chi connectivity index (χ2n) is 4.28. The van der Waals surface area contributed by atoms with E-state index in [9.17, 15) is 19.1 Å². The minimum Gasteiger partial charge on any atom is -0.479 e. The van der Waals surface area contributed by atoms with Crippen molar-refractivity contribution in [1.29, 1.82) is 0 Å². The molecule has 0 aliphatic carbocycles. The van der Waals surface area contributed by atoms with Crippen LogP contribution in [-0.4, -0.2) is 17.0 Å². The highest BCUT2D eigenvalue weighted by Gasteiger charge is 2.23. The van der Waals surface area contributed by atoms with Gasteiger partial charge in [0.15, 0.2) is 6.04 Å². The first-order valence-electron chi connectivity index (χ1n) is 6.02. The second-order valence-corrected chi connectivity index (χ2v) is 5.20. The summed E-state index contributed by atoms with van der Waals surface area (Å²) in [5, 5.41) is 11.5. The van der Waals surface area contributed by atoms with Crippen LogP contribution in [0.4, 0.5) is 4.39 Å². The van der Waals surface area contributed by atoms with Gasteiger partial charge in [-0.15, -0.1) is 0 Å². The molecule has 21 heavy (non-hydrogen) atoms. The van der Waals surface area contributed by atoms with Crippen molar-refractivity contribution in [3.8, 4) is 0 Å². The highest BCUT2D eigenvalue weighted by Crippen LogP contribution is 2.18. The zero-order valence-corrected chi connectivity index (χ0v) is 12.3. The molecule has 0 saturated carbocycles. The molecule has 0 spiro atoms. The molecule has 1 amide bonds. The number of nitrogens with one attached hydrogen (secondary N) is 1. The average Bonchev–Trinajstić information content (AvgIpc) is 2.47. The van der Waals surface area contributed by atoms with Gasteiger partial charge in [-0.25, -0.2) is 9.18 Å². The molecule has 0 aliphatic heterocycles. The van der Waals surface area contributed by atoms with E-state index in [0.29, 0.717) is 10.0 Å². The van der Waals surface area contributed by atoms with Crippen molar-refractivity contribution < 1.29 is 19.1 Å². The number of hydrogen-bond donors (Lipinski definition) is 2. The van der Waals surface area contributed by atoms with Crippen LogP contribution in [0.1, 0.15) is 22.0 Å². The molecule has 4 nitrogen and oxygen atoms in total. The standard InChI is InChI=1S/C15H11BrFNO3/c16-10-6-7-12(17)11(8-10)14(19)18-13(15(20)21)9-4-2-1-3-5-9/h1-8,13H,(H,18,19)(H,20,21)/t13-/m0/s1. The molecule has 2 N–H and O–H groups in total. The van der Waals surface area contributed by atoms with E-state index in [4.69, 9.17) is 0 Å². The zero-order chi connectivity index (χ0) is 15.4. The Bertz CT molecular complexity index is 676. The van der Waals surface area contributed by atoms with E-state index in [1.54, 1.807) is 30.3 Å². The normalized spacial score (nSPS) is 11.7. The number of halogens is 2. The quantitative estimate of drug-likeness (QED) is 0.889. The van der Waals surface area contributed by atoms with Gasteiger partial charge < -0.3 is 10.4 Å². The van der Waals surface area contributed by atoms with Gasteiger partial charge in [0.05, 0.1) is 5.56 Å². The van der Waals surface area contributed by atoms with Crippen LogP contribution in [-0.2, 0) is 4.79 Å². The molecule has 108 valence electrons. The van der Waals surface area contributed by atoms with Crippen molar-refractivity contribution in [3.05, 3.63) is 69.9 Å². The Hall–Kier alpha value is -2.21. The van der Waals surface area contributed by atoms with E-state index < -0.39 is 23.7 Å². The van der Waals surface area contributed by atoms with Gasteiger partial charge in [-0.2, -0.15) is 0 Å². The SMILES string of the molecule is O=C(N[C@H](C(=O)O)c1ccccc1)c1cc(Br)ccc1F. The van der Waals surface area contributed by atoms with Crippen molar-refractivity contribution >= 4 is 27.8 Å². The number of aliphatic carboxylic acids is 1. The summed E-state index contributed by atoms with van der Waals surface area (Å²) in [5.74, 6) is -2.72. The molecular formula is C15H11BrFNO3. The van der Waals surface area contributed by atoms with Gasteiger partial charge in [-0.1, -0.05) is 46.3 Å². The number of carbonyl (C=O) groups excluding carboxylic acids is 1. The predicted molar refractivity (Wildman–Crippen MR) is 78.4 cm³/mol. The lowest BCUT2D eigenvalue weighted by atomic mass is 10.1. The highest BCUT2D eigenvalue weighted by molar-refractivity contribution is 9.10. The topological polar surface area (TPSA) is 66.4 Å². The lowest BCUT2D eigenvalue weighted by Crippen LogP contribution is -2.34. The van der Waals surface area contributed by atoms with Crippen LogP contribution in [0.15, 0.2) is 53.0 Å². The summed E-state index contributed by atoms with van der Waals surface area (Å²) < 4.78 is 14.2. The zero-order valence-electron chi connectivity index (χ0n) is 10.7. The molecule has 0 bridgehead atoms. The predicted octanol–water partition coefficient (Wildman–Crippen LogP) is 3.14. The maximum absolute atomic E-state index is 13.6. The molecule has 1 atom stereocenters. The van der Waals surface area contributed by atoms with E-state index in [1.165, 1.54) is 12.1 Å². The number of amides is 1. The van der Waals surface area contributed by atoms with Gasteiger partial charge >= 0.3 is 5.97 Å². The molecule has 6 heteroatoms. The summed E-state index contributed by atoms with van der Waals surface area (Å²) in [4.78, 5) is 23.4. The molecule has 0 unspecified atom stereocenters. The third kappa shape index (κ3) is 3.66. The van der Waals surface area contributed by atoms with Crippen molar-refractivity contribution in [2.45, 2.75) is 6.04 Å². The first-order valence-corrected chi connectivity index (χ1v) is 6.82. The van der Waals surface area contributed by atoms with Gasteiger partial charge in [0.25, 0.3) is 5.91 Å². The van der Waals surface area contributed by atoms with Crippen molar-refractivity contribution in [3.63, 3.8) is 0 Å². The third-order valence-corrected chi connectivity index (χ3v) is 3.32. The van der Waals surface area contributed by atoms with Gasteiger partial charge in [-0.05, 0) is 23.8 Å². The molecule has 2 aromatic carbocycles.